The number of hydrogen-bond donors (Lipinski definition) is 1. The predicted octanol–water partition coefficient (Wildman–Crippen LogP) is 5.47. The zero-order chi connectivity index (χ0) is 23.9. The fraction of sp³-hybridized carbons (Fsp3) is 0.240. The first-order chi connectivity index (χ1) is 16.5. The van der Waals surface area contributed by atoms with Crippen LogP contribution < -0.4 is 10.1 Å². The summed E-state index contributed by atoms with van der Waals surface area (Å²) in [5.41, 5.74) is 1.65. The minimum Gasteiger partial charge on any atom is -0.491 e. The zero-order valence-electron chi connectivity index (χ0n) is 18.8. The predicted molar refractivity (Wildman–Crippen MR) is 128 cm³/mol. The van der Waals surface area contributed by atoms with Gasteiger partial charge in [-0.05, 0) is 67.9 Å². The van der Waals surface area contributed by atoms with Gasteiger partial charge < -0.3 is 19.0 Å². The minimum atomic E-state index is -0.300. The first-order valence-electron chi connectivity index (χ1n) is 10.7. The van der Waals surface area contributed by atoms with E-state index in [9.17, 15) is 9.18 Å². The highest BCUT2D eigenvalue weighted by Crippen LogP contribution is 2.26. The van der Waals surface area contributed by atoms with Gasteiger partial charge >= 0.3 is 0 Å². The van der Waals surface area contributed by atoms with Gasteiger partial charge in [-0.15, -0.1) is 11.8 Å². The van der Waals surface area contributed by atoms with Crippen LogP contribution in [-0.2, 0) is 17.1 Å². The van der Waals surface area contributed by atoms with Crippen molar-refractivity contribution in [2.75, 3.05) is 5.75 Å². The van der Waals surface area contributed by atoms with E-state index in [0.29, 0.717) is 29.6 Å². The highest BCUT2D eigenvalue weighted by Gasteiger charge is 2.15. The standard InChI is InChI=1S/C25H24FN3O4S/c1-16(2)31-20-9-5-18(6-10-20)24-28-25(33-29-24)22-12-11-21(32-22)14-34-15-23(30)27-13-17-3-7-19(26)8-4-17/h3-12,16H,13-15H2,1-2H3,(H,27,30). The molecule has 0 aliphatic rings. The van der Waals surface area contributed by atoms with Crippen molar-refractivity contribution in [3.05, 3.63) is 77.8 Å². The maximum atomic E-state index is 12.9. The number of nitrogens with one attached hydrogen (secondary N) is 1. The highest BCUT2D eigenvalue weighted by molar-refractivity contribution is 7.99. The van der Waals surface area contributed by atoms with Crippen LogP contribution in [0, 0.1) is 5.82 Å². The summed E-state index contributed by atoms with van der Waals surface area (Å²) in [5.74, 6) is 3.07. The van der Waals surface area contributed by atoms with Gasteiger partial charge in [-0.25, -0.2) is 4.39 Å². The number of aromatic nitrogens is 2. The van der Waals surface area contributed by atoms with Gasteiger partial charge in [0.1, 0.15) is 17.3 Å². The van der Waals surface area contributed by atoms with Crippen molar-refractivity contribution in [1.29, 1.82) is 0 Å². The molecule has 34 heavy (non-hydrogen) atoms. The fourth-order valence-corrected chi connectivity index (χ4v) is 3.81. The van der Waals surface area contributed by atoms with Crippen LogP contribution in [0.4, 0.5) is 4.39 Å². The SMILES string of the molecule is CC(C)Oc1ccc(-c2noc(-c3ccc(CSCC(=O)NCc4ccc(F)cc4)o3)n2)cc1. The second-order valence-corrected chi connectivity index (χ2v) is 8.76. The van der Waals surface area contributed by atoms with Gasteiger partial charge in [0.05, 0.1) is 17.6 Å². The van der Waals surface area contributed by atoms with Crippen LogP contribution in [0.1, 0.15) is 25.2 Å². The lowest BCUT2D eigenvalue weighted by Crippen LogP contribution is -2.24. The van der Waals surface area contributed by atoms with E-state index in [-0.39, 0.29) is 29.5 Å². The molecular formula is C25H24FN3O4S. The molecule has 0 radical (unpaired) electrons. The third kappa shape index (κ3) is 6.48. The molecule has 7 nitrogen and oxygen atoms in total. The van der Waals surface area contributed by atoms with Crippen molar-refractivity contribution in [3.63, 3.8) is 0 Å². The molecule has 1 amide bonds. The maximum absolute atomic E-state index is 12.9. The number of carbonyl (C=O) groups is 1. The number of benzene rings is 2. The van der Waals surface area contributed by atoms with Gasteiger partial charge in [0.2, 0.25) is 11.7 Å². The Hall–Kier alpha value is -3.59. The van der Waals surface area contributed by atoms with E-state index in [2.05, 4.69) is 15.5 Å². The molecule has 0 atom stereocenters. The average Bonchev–Trinajstić information content (AvgIpc) is 3.49. The second-order valence-electron chi connectivity index (χ2n) is 7.78. The van der Waals surface area contributed by atoms with Gasteiger partial charge in [-0.3, -0.25) is 4.79 Å². The Morgan fingerprint density at radius 1 is 1.09 bits per heavy atom. The molecule has 1 N–H and O–H groups in total. The van der Waals surface area contributed by atoms with Crippen LogP contribution in [0.5, 0.6) is 5.75 Å². The van der Waals surface area contributed by atoms with E-state index < -0.39 is 0 Å². The summed E-state index contributed by atoms with van der Waals surface area (Å²) in [5, 5.41) is 6.85. The Bertz CT molecular complexity index is 1220. The van der Waals surface area contributed by atoms with Crippen LogP contribution in [-0.4, -0.2) is 27.9 Å². The molecule has 0 aliphatic carbocycles. The topological polar surface area (TPSA) is 90.4 Å². The molecule has 0 saturated carbocycles. The van der Waals surface area contributed by atoms with Gasteiger partial charge in [0.25, 0.3) is 5.89 Å². The van der Waals surface area contributed by atoms with Crippen molar-refractivity contribution in [3.8, 4) is 28.8 Å². The van der Waals surface area contributed by atoms with Gasteiger partial charge in [-0.2, -0.15) is 4.98 Å². The molecule has 0 unspecified atom stereocenters. The molecule has 2 aromatic carbocycles. The first-order valence-corrected chi connectivity index (χ1v) is 11.9. The lowest BCUT2D eigenvalue weighted by molar-refractivity contribution is -0.118. The second kappa shape index (κ2) is 11.0. The van der Waals surface area contributed by atoms with Crippen LogP contribution >= 0.6 is 11.8 Å². The summed E-state index contributed by atoms with van der Waals surface area (Å²) in [6, 6.07) is 17.1. The molecule has 0 bridgehead atoms. The number of rotatable bonds is 10. The molecule has 0 aliphatic heterocycles. The molecule has 9 heteroatoms. The number of halogens is 1. The van der Waals surface area contributed by atoms with E-state index in [1.54, 1.807) is 18.2 Å². The number of ether oxygens (including phenoxy) is 1. The molecule has 2 heterocycles. The van der Waals surface area contributed by atoms with Crippen LogP contribution in [0.2, 0.25) is 0 Å². The Morgan fingerprint density at radius 2 is 1.85 bits per heavy atom. The monoisotopic (exact) mass is 481 g/mol. The van der Waals surface area contributed by atoms with Crippen LogP contribution in [0.15, 0.2) is 69.6 Å². The fourth-order valence-electron chi connectivity index (χ4n) is 3.06. The van der Waals surface area contributed by atoms with Crippen molar-refractivity contribution < 1.29 is 22.9 Å². The average molecular weight is 482 g/mol. The Kier molecular flexibility index (Phi) is 7.64. The number of nitrogens with zero attached hydrogens (tertiary/aromatic N) is 2. The molecule has 0 saturated heterocycles. The normalized spacial score (nSPS) is 11.1. The van der Waals surface area contributed by atoms with Gasteiger partial charge in [0.15, 0.2) is 5.76 Å². The number of carbonyl (C=O) groups excluding carboxylic acids is 1. The van der Waals surface area contributed by atoms with Crippen LogP contribution in [0.3, 0.4) is 0 Å². The van der Waals surface area contributed by atoms with Crippen molar-refractivity contribution in [1.82, 2.24) is 15.5 Å². The van der Waals surface area contributed by atoms with E-state index >= 15 is 0 Å². The van der Waals surface area contributed by atoms with Crippen molar-refractivity contribution in [2.45, 2.75) is 32.2 Å². The molecule has 0 fully saturated rings. The third-order valence-corrected chi connectivity index (χ3v) is 5.62. The summed E-state index contributed by atoms with van der Waals surface area (Å²) in [6.07, 6.45) is 0.102. The molecule has 176 valence electrons. The minimum absolute atomic E-state index is 0.102. The summed E-state index contributed by atoms with van der Waals surface area (Å²) < 4.78 is 29.7. The number of amides is 1. The van der Waals surface area contributed by atoms with E-state index in [4.69, 9.17) is 13.7 Å². The van der Waals surface area contributed by atoms with Crippen molar-refractivity contribution >= 4 is 17.7 Å². The summed E-state index contributed by atoms with van der Waals surface area (Å²) in [7, 11) is 0. The quantitative estimate of drug-likeness (QED) is 0.321. The molecule has 0 spiro atoms. The van der Waals surface area contributed by atoms with E-state index in [1.807, 2.05) is 44.2 Å². The summed E-state index contributed by atoms with van der Waals surface area (Å²) in [4.78, 5) is 16.4. The van der Waals surface area contributed by atoms with Gasteiger partial charge in [0, 0.05) is 12.1 Å². The number of hydrogen-bond acceptors (Lipinski definition) is 7. The lowest BCUT2D eigenvalue weighted by atomic mass is 10.2. The number of furan rings is 1. The van der Waals surface area contributed by atoms with E-state index in [1.165, 1.54) is 23.9 Å². The van der Waals surface area contributed by atoms with Crippen molar-refractivity contribution in [2.24, 2.45) is 0 Å². The summed E-state index contributed by atoms with van der Waals surface area (Å²) in [6.45, 7) is 4.30. The Morgan fingerprint density at radius 3 is 2.59 bits per heavy atom. The number of thioether (sulfide) groups is 1. The molecule has 4 aromatic rings. The molecule has 2 aromatic heterocycles. The maximum Gasteiger partial charge on any atom is 0.293 e. The lowest BCUT2D eigenvalue weighted by Gasteiger charge is -2.09. The highest BCUT2D eigenvalue weighted by atomic mass is 32.2. The largest absolute Gasteiger partial charge is 0.491 e. The smallest absolute Gasteiger partial charge is 0.293 e. The zero-order valence-corrected chi connectivity index (χ0v) is 19.6. The summed E-state index contributed by atoms with van der Waals surface area (Å²) >= 11 is 1.42. The molecule has 4 rings (SSSR count). The van der Waals surface area contributed by atoms with Crippen LogP contribution in [0.25, 0.3) is 23.0 Å². The van der Waals surface area contributed by atoms with Gasteiger partial charge in [-0.1, -0.05) is 17.3 Å². The first kappa shape index (κ1) is 23.6. The molecular weight excluding hydrogens is 457 g/mol. The Balaban J connectivity index is 1.26. The Labute approximate surface area is 200 Å². The van der Waals surface area contributed by atoms with E-state index in [0.717, 1.165) is 16.9 Å². The third-order valence-electron chi connectivity index (χ3n) is 4.66.